The molecule has 31 heavy (non-hydrogen) atoms. The van der Waals surface area contributed by atoms with Crippen molar-refractivity contribution in [2.75, 3.05) is 36.8 Å². The van der Waals surface area contributed by atoms with E-state index in [1.54, 1.807) is 36.2 Å². The number of rotatable bonds is 5. The number of carbonyl (C=O) groups is 1. The van der Waals surface area contributed by atoms with Gasteiger partial charge in [-0.3, -0.25) is 4.79 Å². The Balaban J connectivity index is 1.48. The predicted molar refractivity (Wildman–Crippen MR) is 120 cm³/mol. The fourth-order valence-electron chi connectivity index (χ4n) is 3.63. The molecule has 2 aromatic carbocycles. The molecule has 0 unspecified atom stereocenters. The maximum atomic E-state index is 13.1. The van der Waals surface area contributed by atoms with Gasteiger partial charge < -0.3 is 9.80 Å². The first-order chi connectivity index (χ1) is 15.0. The highest BCUT2D eigenvalue weighted by Crippen LogP contribution is 2.22. The smallest absolute Gasteiger partial charge is 0.255 e. The molecule has 1 aromatic heterocycles. The quantitative estimate of drug-likeness (QED) is 0.612. The lowest BCUT2D eigenvalue weighted by Gasteiger charge is -2.35. The van der Waals surface area contributed by atoms with Crippen LogP contribution in [-0.2, 0) is 9.84 Å². The van der Waals surface area contributed by atoms with Crippen LogP contribution >= 0.6 is 0 Å². The number of hydrogen-bond donors (Lipinski definition) is 0. The molecule has 0 bridgehead atoms. The topological polar surface area (TPSA) is 83.5 Å². The van der Waals surface area contributed by atoms with Crippen LogP contribution in [0, 0.1) is 0 Å². The summed E-state index contributed by atoms with van der Waals surface area (Å²) < 4.78 is 24.8. The summed E-state index contributed by atoms with van der Waals surface area (Å²) in [7, 11) is -3.47. The molecule has 0 spiro atoms. The molecule has 2 heterocycles. The lowest BCUT2D eigenvalue weighted by atomic mass is 10.1. The highest BCUT2D eigenvalue weighted by Gasteiger charge is 2.27. The zero-order chi connectivity index (χ0) is 21.8. The largest absolute Gasteiger partial charge is 0.353 e. The maximum Gasteiger partial charge on any atom is 0.255 e. The van der Waals surface area contributed by atoms with Crippen molar-refractivity contribution in [2.45, 2.75) is 11.8 Å². The van der Waals surface area contributed by atoms with Gasteiger partial charge in [0, 0.05) is 37.9 Å². The molecule has 1 aliphatic heterocycles. The van der Waals surface area contributed by atoms with Crippen LogP contribution in [0.4, 0.5) is 5.82 Å². The highest BCUT2D eigenvalue weighted by molar-refractivity contribution is 7.91. The van der Waals surface area contributed by atoms with Crippen LogP contribution in [-0.4, -0.2) is 61.1 Å². The van der Waals surface area contributed by atoms with Gasteiger partial charge in [0.05, 0.1) is 16.2 Å². The molecule has 4 rings (SSSR count). The monoisotopic (exact) mass is 436 g/mol. The molecule has 0 atom stereocenters. The molecule has 1 amide bonds. The van der Waals surface area contributed by atoms with E-state index in [1.807, 2.05) is 36.4 Å². The Bertz CT molecular complexity index is 1170. The summed E-state index contributed by atoms with van der Waals surface area (Å²) in [5.74, 6) is 1.19. The van der Waals surface area contributed by atoms with Gasteiger partial charge in [-0.2, -0.15) is 0 Å². The highest BCUT2D eigenvalue weighted by atomic mass is 32.2. The summed E-state index contributed by atoms with van der Waals surface area (Å²) in [6.45, 7) is 3.79. The van der Waals surface area contributed by atoms with E-state index >= 15 is 0 Å². The number of aromatic nitrogens is 2. The normalized spacial score (nSPS) is 14.5. The van der Waals surface area contributed by atoms with Gasteiger partial charge in [-0.1, -0.05) is 49.4 Å². The molecule has 3 aromatic rings. The SMILES string of the molecule is CCS(=O)(=O)c1ccccc1C(=O)N1CCN(c2ccnc(-c3ccccc3)n2)CC1. The van der Waals surface area contributed by atoms with Crippen LogP contribution in [0.3, 0.4) is 0 Å². The van der Waals surface area contributed by atoms with Crippen LogP contribution < -0.4 is 4.90 Å². The molecule has 1 aliphatic rings. The van der Waals surface area contributed by atoms with Crippen LogP contribution in [0.1, 0.15) is 17.3 Å². The maximum absolute atomic E-state index is 13.1. The molecule has 160 valence electrons. The molecular formula is C23H24N4O3S. The Labute approximate surface area is 182 Å². The molecule has 1 fully saturated rings. The lowest BCUT2D eigenvalue weighted by Crippen LogP contribution is -2.49. The van der Waals surface area contributed by atoms with E-state index in [-0.39, 0.29) is 22.1 Å². The van der Waals surface area contributed by atoms with E-state index in [4.69, 9.17) is 0 Å². The Kier molecular flexibility index (Phi) is 5.99. The van der Waals surface area contributed by atoms with Crippen molar-refractivity contribution in [1.82, 2.24) is 14.9 Å². The second kappa shape index (κ2) is 8.85. The van der Waals surface area contributed by atoms with Gasteiger partial charge in [0.2, 0.25) is 0 Å². The number of sulfone groups is 1. The van der Waals surface area contributed by atoms with Crippen molar-refractivity contribution >= 4 is 21.6 Å². The van der Waals surface area contributed by atoms with Crippen molar-refractivity contribution in [3.05, 3.63) is 72.4 Å². The van der Waals surface area contributed by atoms with Gasteiger partial charge >= 0.3 is 0 Å². The first-order valence-electron chi connectivity index (χ1n) is 10.2. The number of carbonyl (C=O) groups excluding carboxylic acids is 1. The van der Waals surface area contributed by atoms with E-state index < -0.39 is 9.84 Å². The predicted octanol–water partition coefficient (Wildman–Crippen LogP) is 2.90. The second-order valence-electron chi connectivity index (χ2n) is 7.28. The van der Waals surface area contributed by atoms with Crippen molar-refractivity contribution in [2.24, 2.45) is 0 Å². The van der Waals surface area contributed by atoms with Crippen LogP contribution in [0.15, 0.2) is 71.8 Å². The molecule has 1 saturated heterocycles. The van der Waals surface area contributed by atoms with E-state index in [2.05, 4.69) is 14.9 Å². The van der Waals surface area contributed by atoms with Crippen molar-refractivity contribution in [3.63, 3.8) is 0 Å². The number of hydrogen-bond acceptors (Lipinski definition) is 6. The molecule has 0 aliphatic carbocycles. The summed E-state index contributed by atoms with van der Waals surface area (Å²) in [6, 6.07) is 18.1. The second-order valence-corrected chi connectivity index (χ2v) is 9.53. The number of benzene rings is 2. The van der Waals surface area contributed by atoms with Gasteiger partial charge in [-0.25, -0.2) is 18.4 Å². The van der Waals surface area contributed by atoms with Crippen molar-refractivity contribution in [3.8, 4) is 11.4 Å². The molecule has 0 N–H and O–H groups in total. The fraction of sp³-hybridized carbons (Fsp3) is 0.261. The van der Waals surface area contributed by atoms with Gasteiger partial charge in [0.15, 0.2) is 15.7 Å². The van der Waals surface area contributed by atoms with Crippen LogP contribution in [0.25, 0.3) is 11.4 Å². The number of nitrogens with zero attached hydrogens (tertiary/aromatic N) is 4. The molecule has 8 heteroatoms. The Morgan fingerprint density at radius 3 is 2.32 bits per heavy atom. The van der Waals surface area contributed by atoms with E-state index in [0.29, 0.717) is 32.0 Å². The van der Waals surface area contributed by atoms with Gasteiger partial charge in [0.25, 0.3) is 5.91 Å². The number of amides is 1. The molecular weight excluding hydrogens is 412 g/mol. The minimum atomic E-state index is -3.47. The van der Waals surface area contributed by atoms with Gasteiger partial charge in [-0.15, -0.1) is 0 Å². The number of piperazine rings is 1. The lowest BCUT2D eigenvalue weighted by molar-refractivity contribution is 0.0742. The van der Waals surface area contributed by atoms with Crippen LogP contribution in [0.2, 0.25) is 0 Å². The average Bonchev–Trinajstić information content (AvgIpc) is 2.84. The van der Waals surface area contributed by atoms with Crippen LogP contribution in [0.5, 0.6) is 0 Å². The summed E-state index contributed by atoms with van der Waals surface area (Å²) in [5.41, 5.74) is 1.19. The first kappa shape index (κ1) is 21.0. The minimum absolute atomic E-state index is 0.0392. The van der Waals surface area contributed by atoms with Crippen molar-refractivity contribution in [1.29, 1.82) is 0 Å². The summed E-state index contributed by atoms with van der Waals surface area (Å²) in [5, 5.41) is 0. The zero-order valence-corrected chi connectivity index (χ0v) is 18.1. The summed E-state index contributed by atoms with van der Waals surface area (Å²) in [6.07, 6.45) is 1.74. The van der Waals surface area contributed by atoms with Gasteiger partial charge in [0.1, 0.15) is 5.82 Å². The Morgan fingerprint density at radius 2 is 1.61 bits per heavy atom. The standard InChI is InChI=1S/C23H24N4O3S/c1-2-31(29,30)20-11-7-6-10-19(20)23(28)27-16-14-26(15-17-27)21-12-13-24-22(25-21)18-8-4-3-5-9-18/h3-13H,2,14-17H2,1H3. The average molecular weight is 437 g/mol. The fourth-order valence-corrected chi connectivity index (χ4v) is 4.72. The van der Waals surface area contributed by atoms with E-state index in [1.165, 1.54) is 6.07 Å². The minimum Gasteiger partial charge on any atom is -0.353 e. The van der Waals surface area contributed by atoms with Gasteiger partial charge in [-0.05, 0) is 18.2 Å². The molecule has 0 saturated carbocycles. The third-order valence-corrected chi connectivity index (χ3v) is 7.18. The third-order valence-electron chi connectivity index (χ3n) is 5.40. The van der Waals surface area contributed by atoms with Crippen molar-refractivity contribution < 1.29 is 13.2 Å². The summed E-state index contributed by atoms with van der Waals surface area (Å²) >= 11 is 0. The third kappa shape index (κ3) is 4.44. The zero-order valence-electron chi connectivity index (χ0n) is 17.3. The Morgan fingerprint density at radius 1 is 0.935 bits per heavy atom. The van der Waals surface area contributed by atoms with E-state index in [0.717, 1.165) is 11.4 Å². The molecule has 7 nitrogen and oxygen atoms in total. The first-order valence-corrected chi connectivity index (χ1v) is 11.9. The van der Waals surface area contributed by atoms with E-state index in [9.17, 15) is 13.2 Å². The Hall–Kier alpha value is -3.26. The number of anilines is 1. The molecule has 0 radical (unpaired) electrons. The summed E-state index contributed by atoms with van der Waals surface area (Å²) in [4.78, 5) is 26.1.